The van der Waals surface area contributed by atoms with Crippen LogP contribution in [0.4, 0.5) is 17.1 Å². The molecule has 0 aliphatic heterocycles. The molecule has 0 aliphatic rings. The maximum absolute atomic E-state index is 10.5. The van der Waals surface area contributed by atoms with Crippen LogP contribution in [-0.4, -0.2) is 18.2 Å². The summed E-state index contributed by atoms with van der Waals surface area (Å²) in [4.78, 5) is 2.19. The van der Waals surface area contributed by atoms with Gasteiger partial charge in [0.15, 0.2) is 0 Å². The van der Waals surface area contributed by atoms with E-state index in [1.165, 1.54) is 0 Å². The van der Waals surface area contributed by atoms with Crippen LogP contribution in [0.15, 0.2) is 84.9 Å². The van der Waals surface area contributed by atoms with Gasteiger partial charge in [-0.15, -0.1) is 0 Å². The van der Waals surface area contributed by atoms with Gasteiger partial charge in [0.05, 0.1) is 0 Å². The molecule has 0 heterocycles. The average molecular weight is 373 g/mol. The Hall–Kier alpha value is -2.56. The van der Waals surface area contributed by atoms with E-state index >= 15 is 0 Å². The van der Waals surface area contributed by atoms with Crippen molar-refractivity contribution in [3.63, 3.8) is 0 Å². The molecule has 0 radical (unpaired) electrons. The van der Waals surface area contributed by atoms with Crippen molar-refractivity contribution in [2.75, 3.05) is 4.90 Å². The van der Waals surface area contributed by atoms with Crippen molar-refractivity contribution in [1.82, 2.24) is 0 Å². The largest absolute Gasteiger partial charge is 0.491 e. The van der Waals surface area contributed by atoms with Crippen molar-refractivity contribution < 1.29 is 9.68 Å². The maximum Gasteiger partial charge on any atom is 0.491 e. The Morgan fingerprint density at radius 2 is 1.18 bits per heavy atom. The average Bonchev–Trinajstić information content (AvgIpc) is 2.69. The molecule has 0 fully saturated rings. The van der Waals surface area contributed by atoms with Crippen LogP contribution in [0.5, 0.6) is 0 Å². The Morgan fingerprint density at radius 3 is 1.61 bits per heavy atom. The molecule has 3 aromatic rings. The van der Waals surface area contributed by atoms with Crippen molar-refractivity contribution in [3.05, 3.63) is 84.9 Å². The molecule has 3 aromatic carbocycles. The van der Waals surface area contributed by atoms with E-state index in [0.717, 1.165) is 22.5 Å². The standard InChI is InChI=1S/C24H28BNO2/c1-19(24(2,3)4)28-25(27)20-15-17-23(18-16-20)26(21-11-7-5-8-12-21)22-13-9-6-10-14-22/h5-19,27H,1-4H3. The zero-order valence-corrected chi connectivity index (χ0v) is 17.0. The highest BCUT2D eigenvalue weighted by Crippen LogP contribution is 2.33. The highest BCUT2D eigenvalue weighted by molar-refractivity contribution is 6.60. The van der Waals surface area contributed by atoms with Crippen molar-refractivity contribution in [3.8, 4) is 0 Å². The first-order valence-corrected chi connectivity index (χ1v) is 9.70. The molecule has 1 N–H and O–H groups in total. The third-order valence-corrected chi connectivity index (χ3v) is 5.02. The lowest BCUT2D eigenvalue weighted by Gasteiger charge is -2.29. The molecule has 0 bridgehead atoms. The first-order chi connectivity index (χ1) is 13.4. The van der Waals surface area contributed by atoms with E-state index in [1.807, 2.05) is 67.6 Å². The van der Waals surface area contributed by atoms with Crippen molar-refractivity contribution in [1.29, 1.82) is 0 Å². The van der Waals surface area contributed by atoms with Gasteiger partial charge in [-0.1, -0.05) is 69.3 Å². The summed E-state index contributed by atoms with van der Waals surface area (Å²) in [6.45, 7) is 8.30. The van der Waals surface area contributed by atoms with E-state index < -0.39 is 7.12 Å². The van der Waals surface area contributed by atoms with Gasteiger partial charge in [0.2, 0.25) is 0 Å². The van der Waals surface area contributed by atoms with Gasteiger partial charge in [-0.2, -0.15) is 0 Å². The van der Waals surface area contributed by atoms with E-state index in [0.29, 0.717) is 0 Å². The maximum atomic E-state index is 10.5. The zero-order valence-electron chi connectivity index (χ0n) is 17.0. The number of rotatable bonds is 6. The Morgan fingerprint density at radius 1 is 0.750 bits per heavy atom. The molecule has 0 amide bonds. The molecule has 1 atom stereocenters. The SMILES string of the molecule is CC(OB(O)c1ccc(N(c2ccccc2)c2ccccc2)cc1)C(C)(C)C. The van der Waals surface area contributed by atoms with Crippen LogP contribution in [0.3, 0.4) is 0 Å². The molecule has 4 heteroatoms. The Labute approximate surface area is 168 Å². The topological polar surface area (TPSA) is 32.7 Å². The molecular formula is C24H28BNO2. The minimum atomic E-state index is -0.940. The fraction of sp³-hybridized carbons (Fsp3) is 0.250. The van der Waals surface area contributed by atoms with Gasteiger partial charge in [-0.3, -0.25) is 0 Å². The Bertz CT molecular complexity index is 821. The predicted molar refractivity (Wildman–Crippen MR) is 119 cm³/mol. The molecule has 0 spiro atoms. The summed E-state index contributed by atoms with van der Waals surface area (Å²) >= 11 is 0. The molecule has 1 unspecified atom stereocenters. The number of para-hydroxylation sites is 2. The molecule has 0 aromatic heterocycles. The van der Waals surface area contributed by atoms with Gasteiger partial charge in [0, 0.05) is 23.2 Å². The van der Waals surface area contributed by atoms with Crippen LogP contribution in [0.2, 0.25) is 0 Å². The third-order valence-electron chi connectivity index (χ3n) is 5.02. The molecule has 3 nitrogen and oxygen atoms in total. The van der Waals surface area contributed by atoms with Crippen molar-refractivity contribution in [2.24, 2.45) is 5.41 Å². The summed E-state index contributed by atoms with van der Waals surface area (Å²) in [5.74, 6) is 0. The summed E-state index contributed by atoms with van der Waals surface area (Å²) in [7, 11) is -0.940. The lowest BCUT2D eigenvalue weighted by Crippen LogP contribution is -2.40. The second-order valence-electron chi connectivity index (χ2n) is 8.09. The predicted octanol–water partition coefficient (Wildman–Crippen LogP) is 5.30. The summed E-state index contributed by atoms with van der Waals surface area (Å²) in [6, 6.07) is 28.4. The fourth-order valence-corrected chi connectivity index (χ4v) is 2.87. The molecular weight excluding hydrogens is 345 g/mol. The lowest BCUT2D eigenvalue weighted by atomic mass is 9.77. The van der Waals surface area contributed by atoms with Gasteiger partial charge in [0.25, 0.3) is 0 Å². The number of hydrogen-bond acceptors (Lipinski definition) is 3. The minimum Gasteiger partial charge on any atom is -0.423 e. The monoisotopic (exact) mass is 373 g/mol. The third kappa shape index (κ3) is 4.83. The van der Waals surface area contributed by atoms with Crippen LogP contribution in [0, 0.1) is 5.41 Å². The van der Waals surface area contributed by atoms with E-state index in [2.05, 4.69) is 49.9 Å². The molecule has 0 saturated heterocycles. The Balaban J connectivity index is 1.87. The second kappa shape index (κ2) is 8.64. The molecule has 0 saturated carbocycles. The molecule has 144 valence electrons. The van der Waals surface area contributed by atoms with Crippen LogP contribution >= 0.6 is 0 Å². The first kappa shape index (κ1) is 20.2. The summed E-state index contributed by atoms with van der Waals surface area (Å²) in [5.41, 5.74) is 3.91. The van der Waals surface area contributed by atoms with Crippen LogP contribution in [0.1, 0.15) is 27.7 Å². The number of anilines is 3. The van der Waals surface area contributed by atoms with Gasteiger partial charge < -0.3 is 14.6 Å². The van der Waals surface area contributed by atoms with E-state index in [1.54, 1.807) is 0 Å². The van der Waals surface area contributed by atoms with E-state index in [4.69, 9.17) is 4.65 Å². The normalized spacial score (nSPS) is 12.5. The first-order valence-electron chi connectivity index (χ1n) is 9.70. The van der Waals surface area contributed by atoms with Gasteiger partial charge in [0.1, 0.15) is 0 Å². The number of benzene rings is 3. The van der Waals surface area contributed by atoms with Gasteiger partial charge in [-0.25, -0.2) is 0 Å². The summed E-state index contributed by atoms with van der Waals surface area (Å²) < 4.78 is 5.81. The molecule has 28 heavy (non-hydrogen) atoms. The summed E-state index contributed by atoms with van der Waals surface area (Å²) in [6.07, 6.45) is -0.0627. The van der Waals surface area contributed by atoms with Gasteiger partial charge in [-0.05, 0) is 54.2 Å². The minimum absolute atomic E-state index is 0.0294. The number of hydrogen-bond donors (Lipinski definition) is 1. The van der Waals surface area contributed by atoms with Crippen LogP contribution in [0.25, 0.3) is 0 Å². The van der Waals surface area contributed by atoms with Gasteiger partial charge >= 0.3 is 7.12 Å². The highest BCUT2D eigenvalue weighted by atomic mass is 16.5. The fourth-order valence-electron chi connectivity index (χ4n) is 2.87. The second-order valence-corrected chi connectivity index (χ2v) is 8.09. The smallest absolute Gasteiger partial charge is 0.423 e. The molecule has 3 rings (SSSR count). The van der Waals surface area contributed by atoms with E-state index in [-0.39, 0.29) is 11.5 Å². The zero-order chi connectivity index (χ0) is 20.1. The van der Waals surface area contributed by atoms with Crippen molar-refractivity contribution >= 4 is 29.6 Å². The van der Waals surface area contributed by atoms with Crippen LogP contribution in [-0.2, 0) is 4.65 Å². The summed E-state index contributed by atoms with van der Waals surface area (Å²) in [5, 5.41) is 10.5. The lowest BCUT2D eigenvalue weighted by molar-refractivity contribution is 0.0859. The van der Waals surface area contributed by atoms with Crippen LogP contribution < -0.4 is 10.4 Å². The highest BCUT2D eigenvalue weighted by Gasteiger charge is 2.27. The van der Waals surface area contributed by atoms with Crippen molar-refractivity contribution in [2.45, 2.75) is 33.8 Å². The molecule has 0 aliphatic carbocycles. The quantitative estimate of drug-likeness (QED) is 0.596. The number of nitrogens with zero attached hydrogens (tertiary/aromatic N) is 1. The Kier molecular flexibility index (Phi) is 6.23. The van der Waals surface area contributed by atoms with E-state index in [9.17, 15) is 5.02 Å².